The Kier molecular flexibility index (Phi) is 5.13. The molecular formula is C16H24N2O4S. The van der Waals surface area contributed by atoms with Gasteiger partial charge in [-0.1, -0.05) is 0 Å². The second-order valence-electron chi connectivity index (χ2n) is 6.59. The highest BCUT2D eigenvalue weighted by atomic mass is 32.2. The van der Waals surface area contributed by atoms with Crippen LogP contribution in [0, 0.1) is 6.92 Å². The SMILES string of the molecule is Cc1cc(C(=O)O)ccc1S(=O)(=O)NCCN1CCCC1(C)C. The van der Waals surface area contributed by atoms with Crippen LogP contribution in [0.3, 0.4) is 0 Å². The average Bonchev–Trinajstić information content (AvgIpc) is 2.77. The molecule has 2 rings (SSSR count). The van der Waals surface area contributed by atoms with E-state index in [4.69, 9.17) is 5.11 Å². The lowest BCUT2D eigenvalue weighted by atomic mass is 10.0. The molecule has 23 heavy (non-hydrogen) atoms. The fourth-order valence-corrected chi connectivity index (χ4v) is 4.30. The van der Waals surface area contributed by atoms with Crippen LogP contribution in [0.15, 0.2) is 23.1 Å². The molecule has 0 amide bonds. The minimum atomic E-state index is -3.63. The Hall–Kier alpha value is -1.44. The molecule has 0 bridgehead atoms. The van der Waals surface area contributed by atoms with Crippen LogP contribution in [0.1, 0.15) is 42.6 Å². The molecule has 0 spiro atoms. The Balaban J connectivity index is 2.03. The number of hydrogen-bond donors (Lipinski definition) is 2. The van der Waals surface area contributed by atoms with Crippen molar-refractivity contribution in [3.05, 3.63) is 29.3 Å². The van der Waals surface area contributed by atoms with Gasteiger partial charge in [-0.2, -0.15) is 0 Å². The number of carboxylic acid groups (broad SMARTS) is 1. The van der Waals surface area contributed by atoms with Crippen LogP contribution in [0.4, 0.5) is 0 Å². The van der Waals surface area contributed by atoms with Gasteiger partial charge in [0, 0.05) is 18.6 Å². The molecule has 1 heterocycles. The molecule has 6 nitrogen and oxygen atoms in total. The Morgan fingerprint density at radius 3 is 2.61 bits per heavy atom. The summed E-state index contributed by atoms with van der Waals surface area (Å²) in [6.07, 6.45) is 2.25. The zero-order valence-electron chi connectivity index (χ0n) is 13.8. The lowest BCUT2D eigenvalue weighted by Crippen LogP contribution is -2.43. The smallest absolute Gasteiger partial charge is 0.335 e. The molecule has 7 heteroatoms. The molecule has 0 aliphatic carbocycles. The van der Waals surface area contributed by atoms with Gasteiger partial charge in [-0.25, -0.2) is 17.9 Å². The molecule has 0 saturated carbocycles. The third-order valence-electron chi connectivity index (χ3n) is 4.46. The van der Waals surface area contributed by atoms with E-state index in [2.05, 4.69) is 23.5 Å². The highest BCUT2D eigenvalue weighted by Gasteiger charge is 2.31. The van der Waals surface area contributed by atoms with Gasteiger partial charge >= 0.3 is 5.97 Å². The molecule has 1 aromatic rings. The summed E-state index contributed by atoms with van der Waals surface area (Å²) >= 11 is 0. The molecule has 0 aromatic heterocycles. The Morgan fingerprint density at radius 1 is 1.39 bits per heavy atom. The van der Waals surface area contributed by atoms with Crippen molar-refractivity contribution in [3.63, 3.8) is 0 Å². The number of carbonyl (C=O) groups is 1. The molecule has 0 unspecified atom stereocenters. The number of benzene rings is 1. The van der Waals surface area contributed by atoms with Crippen LogP contribution >= 0.6 is 0 Å². The zero-order valence-corrected chi connectivity index (χ0v) is 14.6. The first-order valence-corrected chi connectivity index (χ1v) is 9.20. The minimum Gasteiger partial charge on any atom is -0.478 e. The lowest BCUT2D eigenvalue weighted by molar-refractivity contribution is 0.0696. The topological polar surface area (TPSA) is 86.7 Å². The predicted molar refractivity (Wildman–Crippen MR) is 88.2 cm³/mol. The standard InChI is InChI=1S/C16H24N2O4S/c1-12-11-13(15(19)20)5-6-14(12)23(21,22)17-8-10-18-9-4-7-16(18,2)3/h5-6,11,17H,4,7-10H2,1-3H3,(H,19,20). The van der Waals surface area contributed by atoms with Crippen LogP contribution in [-0.2, 0) is 10.0 Å². The molecule has 0 atom stereocenters. The van der Waals surface area contributed by atoms with Crippen molar-refractivity contribution in [1.29, 1.82) is 0 Å². The van der Waals surface area contributed by atoms with Crippen molar-refractivity contribution in [1.82, 2.24) is 9.62 Å². The third kappa shape index (κ3) is 4.10. The van der Waals surface area contributed by atoms with Gasteiger partial charge in [0.1, 0.15) is 0 Å². The Morgan fingerprint density at radius 2 is 2.09 bits per heavy atom. The van der Waals surface area contributed by atoms with Gasteiger partial charge in [0.05, 0.1) is 10.5 Å². The van der Waals surface area contributed by atoms with E-state index in [1.807, 2.05) is 0 Å². The molecule has 128 valence electrons. The number of nitrogens with zero attached hydrogens (tertiary/aromatic N) is 1. The van der Waals surface area contributed by atoms with Crippen LogP contribution in [0.2, 0.25) is 0 Å². The van der Waals surface area contributed by atoms with Gasteiger partial charge in [0.2, 0.25) is 10.0 Å². The van der Waals surface area contributed by atoms with Crippen molar-refractivity contribution in [2.75, 3.05) is 19.6 Å². The summed E-state index contributed by atoms with van der Waals surface area (Å²) in [7, 11) is -3.63. The monoisotopic (exact) mass is 340 g/mol. The number of hydrogen-bond acceptors (Lipinski definition) is 4. The Bertz CT molecular complexity index is 698. The second-order valence-corrected chi connectivity index (χ2v) is 8.32. The fraction of sp³-hybridized carbons (Fsp3) is 0.562. The minimum absolute atomic E-state index is 0.0836. The molecular weight excluding hydrogens is 316 g/mol. The van der Waals surface area contributed by atoms with Crippen LogP contribution < -0.4 is 4.72 Å². The lowest BCUT2D eigenvalue weighted by Gasteiger charge is -2.31. The van der Waals surface area contributed by atoms with Crippen molar-refractivity contribution < 1.29 is 18.3 Å². The van der Waals surface area contributed by atoms with E-state index in [9.17, 15) is 13.2 Å². The fourth-order valence-electron chi connectivity index (χ4n) is 3.05. The second kappa shape index (κ2) is 6.59. The highest BCUT2D eigenvalue weighted by molar-refractivity contribution is 7.89. The summed E-state index contributed by atoms with van der Waals surface area (Å²) in [5.41, 5.74) is 0.629. The summed E-state index contributed by atoms with van der Waals surface area (Å²) in [6.45, 7) is 7.93. The molecule has 1 aromatic carbocycles. The van der Waals surface area contributed by atoms with E-state index in [0.717, 1.165) is 19.4 Å². The Labute approximate surface area is 137 Å². The summed E-state index contributed by atoms with van der Waals surface area (Å²) in [6, 6.07) is 4.04. The van der Waals surface area contributed by atoms with Gasteiger partial charge in [0.15, 0.2) is 0 Å². The normalized spacial score (nSPS) is 18.2. The van der Waals surface area contributed by atoms with E-state index >= 15 is 0 Å². The van der Waals surface area contributed by atoms with E-state index in [1.165, 1.54) is 18.2 Å². The number of likely N-dealkylation sites (tertiary alicyclic amines) is 1. The number of carboxylic acids is 1. The summed E-state index contributed by atoms with van der Waals surface area (Å²) in [5.74, 6) is -1.07. The zero-order chi connectivity index (χ0) is 17.3. The molecule has 0 radical (unpaired) electrons. The summed E-state index contributed by atoms with van der Waals surface area (Å²) in [5, 5.41) is 8.94. The molecule has 1 fully saturated rings. The van der Waals surface area contributed by atoms with E-state index in [-0.39, 0.29) is 16.0 Å². The van der Waals surface area contributed by atoms with Gasteiger partial charge < -0.3 is 5.11 Å². The van der Waals surface area contributed by atoms with Crippen LogP contribution in [0.25, 0.3) is 0 Å². The number of aromatic carboxylic acids is 1. The molecule has 2 N–H and O–H groups in total. The first kappa shape index (κ1) is 17.9. The predicted octanol–water partition coefficient (Wildman–Crippen LogP) is 1.85. The largest absolute Gasteiger partial charge is 0.478 e. The van der Waals surface area contributed by atoms with E-state index < -0.39 is 16.0 Å². The van der Waals surface area contributed by atoms with Crippen molar-refractivity contribution in [2.45, 2.75) is 44.0 Å². The first-order chi connectivity index (χ1) is 10.6. The van der Waals surface area contributed by atoms with Crippen LogP contribution in [-0.4, -0.2) is 49.6 Å². The van der Waals surface area contributed by atoms with Gasteiger partial charge in [-0.05, 0) is 63.9 Å². The van der Waals surface area contributed by atoms with Gasteiger partial charge in [-0.15, -0.1) is 0 Å². The summed E-state index contributed by atoms with van der Waals surface area (Å²) in [4.78, 5) is 13.3. The number of rotatable bonds is 6. The van der Waals surface area contributed by atoms with Gasteiger partial charge in [-0.3, -0.25) is 4.90 Å². The molecule has 1 aliphatic rings. The first-order valence-electron chi connectivity index (χ1n) is 7.72. The number of nitrogens with one attached hydrogen (secondary N) is 1. The van der Waals surface area contributed by atoms with Crippen molar-refractivity contribution in [3.8, 4) is 0 Å². The van der Waals surface area contributed by atoms with E-state index in [0.29, 0.717) is 18.7 Å². The number of sulfonamides is 1. The number of aryl methyl sites for hydroxylation is 1. The molecule has 1 saturated heterocycles. The quantitative estimate of drug-likeness (QED) is 0.825. The maximum Gasteiger partial charge on any atom is 0.335 e. The summed E-state index contributed by atoms with van der Waals surface area (Å²) < 4.78 is 27.4. The highest BCUT2D eigenvalue weighted by Crippen LogP contribution is 2.27. The van der Waals surface area contributed by atoms with E-state index in [1.54, 1.807) is 6.92 Å². The maximum atomic E-state index is 12.4. The van der Waals surface area contributed by atoms with Crippen molar-refractivity contribution in [2.24, 2.45) is 0 Å². The average molecular weight is 340 g/mol. The van der Waals surface area contributed by atoms with Gasteiger partial charge in [0.25, 0.3) is 0 Å². The van der Waals surface area contributed by atoms with Crippen molar-refractivity contribution >= 4 is 16.0 Å². The molecule has 1 aliphatic heterocycles. The maximum absolute atomic E-state index is 12.4. The third-order valence-corrected chi connectivity index (χ3v) is 6.08. The van der Waals surface area contributed by atoms with Crippen LogP contribution in [0.5, 0.6) is 0 Å².